The van der Waals surface area contributed by atoms with E-state index >= 15 is 0 Å². The summed E-state index contributed by atoms with van der Waals surface area (Å²) >= 11 is 3.51. The zero-order valence-corrected chi connectivity index (χ0v) is 10.1. The largest absolute Gasteiger partial charge is 0.369 e. The molecule has 14 heavy (non-hydrogen) atoms. The Morgan fingerprint density at radius 3 is 2.71 bits per heavy atom. The molecular formula is C11H15BrN2. The van der Waals surface area contributed by atoms with Gasteiger partial charge >= 0.3 is 0 Å². The Labute approximate surface area is 93.4 Å². The van der Waals surface area contributed by atoms with Gasteiger partial charge in [-0.3, -0.25) is 0 Å². The second-order valence-electron chi connectivity index (χ2n) is 3.85. The first kappa shape index (κ1) is 9.99. The van der Waals surface area contributed by atoms with E-state index in [2.05, 4.69) is 58.3 Å². The van der Waals surface area contributed by atoms with Crippen LogP contribution in [0.3, 0.4) is 0 Å². The van der Waals surface area contributed by atoms with E-state index in [0.29, 0.717) is 6.04 Å². The van der Waals surface area contributed by atoms with Gasteiger partial charge in [-0.05, 0) is 24.6 Å². The Morgan fingerprint density at radius 2 is 2.14 bits per heavy atom. The number of hydrogen-bond acceptors (Lipinski definition) is 2. The number of benzene rings is 1. The van der Waals surface area contributed by atoms with E-state index in [4.69, 9.17) is 0 Å². The summed E-state index contributed by atoms with van der Waals surface area (Å²) in [5.41, 5.74) is 2.66. The monoisotopic (exact) mass is 254 g/mol. The summed E-state index contributed by atoms with van der Waals surface area (Å²) in [5, 5.41) is 3.29. The van der Waals surface area contributed by atoms with Crippen molar-refractivity contribution in [1.82, 2.24) is 5.32 Å². The van der Waals surface area contributed by atoms with Crippen LogP contribution in [0.15, 0.2) is 22.7 Å². The summed E-state index contributed by atoms with van der Waals surface area (Å²) in [6.45, 7) is 4.36. The molecule has 2 nitrogen and oxygen atoms in total. The number of rotatable bonds is 2. The smallest absolute Gasteiger partial charge is 0.0535 e. The molecule has 0 atom stereocenters. The van der Waals surface area contributed by atoms with Crippen LogP contribution in [0.25, 0.3) is 0 Å². The molecule has 1 fully saturated rings. The van der Waals surface area contributed by atoms with Gasteiger partial charge in [-0.25, -0.2) is 0 Å². The highest BCUT2D eigenvalue weighted by molar-refractivity contribution is 9.10. The summed E-state index contributed by atoms with van der Waals surface area (Å²) in [7, 11) is 2.17. The first-order valence-corrected chi connectivity index (χ1v) is 5.67. The molecule has 1 heterocycles. The Bertz CT molecular complexity index is 334. The second-order valence-corrected chi connectivity index (χ2v) is 4.77. The third kappa shape index (κ3) is 1.79. The van der Waals surface area contributed by atoms with Gasteiger partial charge in [0.1, 0.15) is 0 Å². The summed E-state index contributed by atoms with van der Waals surface area (Å²) in [6.07, 6.45) is 0. The lowest BCUT2D eigenvalue weighted by molar-refractivity contribution is 0.428. The molecule has 1 aromatic carbocycles. The van der Waals surface area contributed by atoms with E-state index in [1.165, 1.54) is 11.3 Å². The highest BCUT2D eigenvalue weighted by atomic mass is 79.9. The lowest BCUT2D eigenvalue weighted by atomic mass is 10.1. The van der Waals surface area contributed by atoms with Crippen LogP contribution in [-0.2, 0) is 0 Å². The molecule has 1 saturated heterocycles. The highest BCUT2D eigenvalue weighted by Crippen LogP contribution is 2.25. The van der Waals surface area contributed by atoms with Crippen LogP contribution >= 0.6 is 15.9 Å². The topological polar surface area (TPSA) is 15.3 Å². The Balaban J connectivity index is 2.24. The standard InChI is InChI=1S/C11H15BrN2/c1-8-3-4-9(12)5-11(8)14(2)10-6-13-7-10/h3-5,10,13H,6-7H2,1-2H3. The van der Waals surface area contributed by atoms with Gasteiger partial charge in [-0.2, -0.15) is 0 Å². The van der Waals surface area contributed by atoms with Gasteiger partial charge in [0.25, 0.3) is 0 Å². The number of halogens is 1. The predicted molar refractivity (Wildman–Crippen MR) is 63.9 cm³/mol. The van der Waals surface area contributed by atoms with Crippen LogP contribution in [0.5, 0.6) is 0 Å². The van der Waals surface area contributed by atoms with Gasteiger partial charge in [-0.1, -0.05) is 22.0 Å². The number of nitrogens with zero attached hydrogens (tertiary/aromatic N) is 1. The van der Waals surface area contributed by atoms with Crippen LogP contribution in [0.4, 0.5) is 5.69 Å². The average Bonchev–Trinajstić information content (AvgIpc) is 2.06. The molecule has 0 bridgehead atoms. The first-order valence-electron chi connectivity index (χ1n) is 4.88. The first-order chi connectivity index (χ1) is 6.68. The van der Waals surface area contributed by atoms with E-state index in [1.807, 2.05) is 0 Å². The third-order valence-electron chi connectivity index (χ3n) is 2.86. The molecule has 1 aromatic rings. The predicted octanol–water partition coefficient (Wildman–Crippen LogP) is 2.17. The van der Waals surface area contributed by atoms with E-state index in [9.17, 15) is 0 Å². The zero-order chi connectivity index (χ0) is 10.1. The lowest BCUT2D eigenvalue weighted by Gasteiger charge is -2.38. The normalized spacial score (nSPS) is 16.5. The van der Waals surface area contributed by atoms with Crippen molar-refractivity contribution in [2.75, 3.05) is 25.0 Å². The number of nitrogens with one attached hydrogen (secondary N) is 1. The molecule has 1 aliphatic rings. The maximum atomic E-state index is 3.51. The van der Waals surface area contributed by atoms with Crippen molar-refractivity contribution >= 4 is 21.6 Å². The maximum Gasteiger partial charge on any atom is 0.0535 e. The molecule has 1 aliphatic heterocycles. The van der Waals surface area contributed by atoms with Gasteiger partial charge in [0.15, 0.2) is 0 Å². The van der Waals surface area contributed by atoms with E-state index in [0.717, 1.165) is 17.6 Å². The van der Waals surface area contributed by atoms with Crippen molar-refractivity contribution in [3.63, 3.8) is 0 Å². The second kappa shape index (κ2) is 3.91. The maximum absolute atomic E-state index is 3.51. The van der Waals surface area contributed by atoms with Gasteiger partial charge < -0.3 is 10.2 Å². The van der Waals surface area contributed by atoms with Crippen LogP contribution in [0, 0.1) is 6.92 Å². The zero-order valence-electron chi connectivity index (χ0n) is 8.55. The molecule has 0 spiro atoms. The van der Waals surface area contributed by atoms with Gasteiger partial charge in [0.05, 0.1) is 6.04 Å². The minimum atomic E-state index is 0.656. The van der Waals surface area contributed by atoms with E-state index in [-0.39, 0.29) is 0 Å². The molecule has 2 rings (SSSR count). The quantitative estimate of drug-likeness (QED) is 0.871. The van der Waals surface area contributed by atoms with Crippen LogP contribution in [0.2, 0.25) is 0 Å². The summed E-state index contributed by atoms with van der Waals surface area (Å²) in [6, 6.07) is 7.09. The van der Waals surface area contributed by atoms with Crippen molar-refractivity contribution in [3.8, 4) is 0 Å². The minimum Gasteiger partial charge on any atom is -0.369 e. The van der Waals surface area contributed by atoms with Gasteiger partial charge in [0, 0.05) is 30.3 Å². The Morgan fingerprint density at radius 1 is 1.43 bits per heavy atom. The third-order valence-corrected chi connectivity index (χ3v) is 3.35. The van der Waals surface area contributed by atoms with Crippen LogP contribution in [0.1, 0.15) is 5.56 Å². The lowest BCUT2D eigenvalue weighted by Crippen LogP contribution is -2.56. The molecule has 76 valence electrons. The number of aryl methyl sites for hydroxylation is 1. The molecule has 0 saturated carbocycles. The van der Waals surface area contributed by atoms with E-state index in [1.54, 1.807) is 0 Å². The minimum absolute atomic E-state index is 0.656. The summed E-state index contributed by atoms with van der Waals surface area (Å²) < 4.78 is 1.15. The van der Waals surface area contributed by atoms with Crippen molar-refractivity contribution in [2.24, 2.45) is 0 Å². The molecule has 0 radical (unpaired) electrons. The Hall–Kier alpha value is -0.540. The molecule has 0 amide bonds. The fraction of sp³-hybridized carbons (Fsp3) is 0.455. The van der Waals surface area contributed by atoms with Crippen molar-refractivity contribution < 1.29 is 0 Å². The van der Waals surface area contributed by atoms with Crippen LogP contribution in [-0.4, -0.2) is 26.2 Å². The highest BCUT2D eigenvalue weighted by Gasteiger charge is 2.22. The number of anilines is 1. The van der Waals surface area contributed by atoms with Crippen molar-refractivity contribution in [1.29, 1.82) is 0 Å². The molecule has 0 aliphatic carbocycles. The number of likely N-dealkylation sites (N-methyl/N-ethyl adjacent to an activating group) is 1. The molecule has 0 aromatic heterocycles. The SMILES string of the molecule is Cc1ccc(Br)cc1N(C)C1CNC1. The van der Waals surface area contributed by atoms with Crippen molar-refractivity contribution in [2.45, 2.75) is 13.0 Å². The van der Waals surface area contributed by atoms with Gasteiger partial charge in [-0.15, -0.1) is 0 Å². The molecule has 1 N–H and O–H groups in total. The fourth-order valence-corrected chi connectivity index (χ4v) is 2.06. The van der Waals surface area contributed by atoms with Gasteiger partial charge in [0.2, 0.25) is 0 Å². The number of hydrogen-bond donors (Lipinski definition) is 1. The fourth-order valence-electron chi connectivity index (χ4n) is 1.71. The average molecular weight is 255 g/mol. The summed E-state index contributed by atoms with van der Waals surface area (Å²) in [5.74, 6) is 0. The molecular weight excluding hydrogens is 240 g/mol. The molecule has 3 heteroatoms. The van der Waals surface area contributed by atoms with Crippen LogP contribution < -0.4 is 10.2 Å². The molecule has 0 unspecified atom stereocenters. The summed E-state index contributed by atoms with van der Waals surface area (Å²) in [4.78, 5) is 2.36. The Kier molecular flexibility index (Phi) is 2.79. The van der Waals surface area contributed by atoms with E-state index < -0.39 is 0 Å². The van der Waals surface area contributed by atoms with Crippen molar-refractivity contribution in [3.05, 3.63) is 28.2 Å².